The maximum absolute atomic E-state index is 6.16. The molecule has 0 unspecified atom stereocenters. The lowest BCUT2D eigenvalue weighted by molar-refractivity contribution is 0.692. The average molecular weight is 276 g/mol. The maximum Gasteiger partial charge on any atom is 0.105 e. The summed E-state index contributed by atoms with van der Waals surface area (Å²) in [4.78, 5) is 5.33. The van der Waals surface area contributed by atoms with Gasteiger partial charge in [0.05, 0.1) is 26.6 Å². The Labute approximate surface area is 113 Å². The van der Waals surface area contributed by atoms with Crippen LogP contribution in [0.25, 0.3) is 10.2 Å². The molecule has 0 bridgehead atoms. The van der Waals surface area contributed by atoms with E-state index in [1.54, 1.807) is 23.1 Å². The van der Waals surface area contributed by atoms with Crippen molar-refractivity contribution in [2.75, 3.05) is 5.73 Å². The average Bonchev–Trinajstić information content (AvgIpc) is 2.90. The van der Waals surface area contributed by atoms with Crippen LogP contribution in [0.4, 0.5) is 5.69 Å². The molecule has 3 rings (SSSR count). The topological polar surface area (TPSA) is 56.7 Å². The van der Waals surface area contributed by atoms with Crippen molar-refractivity contribution in [2.24, 2.45) is 7.05 Å². The zero-order chi connectivity index (χ0) is 12.7. The normalized spacial score (nSPS) is 11.2. The van der Waals surface area contributed by atoms with Gasteiger partial charge in [0.25, 0.3) is 0 Å². The highest BCUT2D eigenvalue weighted by Crippen LogP contribution is 2.36. The number of fused-ring (bicyclic) bond motifs is 1. The van der Waals surface area contributed by atoms with Gasteiger partial charge in [0.15, 0.2) is 0 Å². The molecule has 4 nitrogen and oxygen atoms in total. The van der Waals surface area contributed by atoms with E-state index in [1.807, 2.05) is 30.2 Å². The van der Waals surface area contributed by atoms with Crippen LogP contribution in [0.2, 0.25) is 0 Å². The largest absolute Gasteiger partial charge is 0.396 e. The molecule has 0 spiro atoms. The molecule has 0 fully saturated rings. The van der Waals surface area contributed by atoms with E-state index in [4.69, 9.17) is 5.73 Å². The van der Waals surface area contributed by atoms with Gasteiger partial charge < -0.3 is 5.73 Å². The third-order valence-electron chi connectivity index (χ3n) is 2.68. The van der Waals surface area contributed by atoms with Crippen molar-refractivity contribution < 1.29 is 0 Å². The molecule has 2 aromatic heterocycles. The number of thiazole rings is 1. The first-order valence-electron chi connectivity index (χ1n) is 5.45. The van der Waals surface area contributed by atoms with E-state index in [2.05, 4.69) is 22.2 Å². The van der Waals surface area contributed by atoms with Gasteiger partial charge in [0, 0.05) is 11.9 Å². The van der Waals surface area contributed by atoms with E-state index in [9.17, 15) is 0 Å². The van der Waals surface area contributed by atoms with Crippen LogP contribution < -0.4 is 5.73 Å². The van der Waals surface area contributed by atoms with Crippen LogP contribution in [-0.4, -0.2) is 14.8 Å². The van der Waals surface area contributed by atoms with E-state index in [0.717, 1.165) is 31.5 Å². The minimum absolute atomic E-state index is 0.748. The first-order valence-corrected chi connectivity index (χ1v) is 7.15. The molecule has 0 amide bonds. The van der Waals surface area contributed by atoms with Crippen LogP contribution in [0.1, 0.15) is 5.69 Å². The molecule has 0 saturated carbocycles. The first kappa shape index (κ1) is 11.6. The molecule has 0 aliphatic rings. The number of anilines is 1. The number of aryl methyl sites for hydroxylation is 2. The summed E-state index contributed by atoms with van der Waals surface area (Å²) >= 11 is 3.23. The first-order chi connectivity index (χ1) is 8.65. The summed E-state index contributed by atoms with van der Waals surface area (Å²) in [6.45, 7) is 1.98. The number of aromatic nitrogens is 3. The van der Waals surface area contributed by atoms with Crippen LogP contribution in [0, 0.1) is 6.92 Å². The predicted molar refractivity (Wildman–Crippen MR) is 76.1 cm³/mol. The highest BCUT2D eigenvalue weighted by Gasteiger charge is 2.10. The second-order valence-electron chi connectivity index (χ2n) is 4.03. The molecule has 2 N–H and O–H groups in total. The van der Waals surface area contributed by atoms with Gasteiger partial charge in [-0.25, -0.2) is 4.98 Å². The van der Waals surface area contributed by atoms with Crippen LogP contribution in [-0.2, 0) is 7.05 Å². The van der Waals surface area contributed by atoms with Gasteiger partial charge in [-0.15, -0.1) is 11.3 Å². The fraction of sp³-hybridized carbons (Fsp3) is 0.167. The second kappa shape index (κ2) is 4.29. The Morgan fingerprint density at radius 1 is 1.39 bits per heavy atom. The number of nitrogens with two attached hydrogens (primary N) is 1. The van der Waals surface area contributed by atoms with Crippen molar-refractivity contribution in [2.45, 2.75) is 16.8 Å². The molecular formula is C12H12N4S2. The van der Waals surface area contributed by atoms with Crippen molar-refractivity contribution >= 4 is 39.0 Å². The smallest absolute Gasteiger partial charge is 0.105 e. The molecule has 6 heteroatoms. The Hall–Kier alpha value is -1.53. The van der Waals surface area contributed by atoms with Crippen molar-refractivity contribution in [3.8, 4) is 0 Å². The molecule has 92 valence electrons. The molecule has 18 heavy (non-hydrogen) atoms. The van der Waals surface area contributed by atoms with E-state index in [0.29, 0.717) is 0 Å². The Morgan fingerprint density at radius 3 is 2.94 bits per heavy atom. The SMILES string of the molecule is Cc1cc(Sc2ccc3scnc3c2N)n(C)n1. The Kier molecular flexibility index (Phi) is 2.76. The molecule has 2 heterocycles. The molecule has 0 atom stereocenters. The third-order valence-corrected chi connectivity index (χ3v) is 4.64. The van der Waals surface area contributed by atoms with Crippen LogP contribution in [0.5, 0.6) is 0 Å². The number of hydrogen-bond donors (Lipinski definition) is 1. The van der Waals surface area contributed by atoms with Crippen molar-refractivity contribution in [3.05, 3.63) is 29.4 Å². The number of benzene rings is 1. The fourth-order valence-corrected chi connectivity index (χ4v) is 3.48. The number of nitrogen functional groups attached to an aromatic ring is 1. The van der Waals surface area contributed by atoms with Crippen molar-refractivity contribution in [1.82, 2.24) is 14.8 Å². The lowest BCUT2D eigenvalue weighted by Gasteiger charge is -2.05. The van der Waals surface area contributed by atoms with Gasteiger partial charge in [-0.3, -0.25) is 4.68 Å². The molecule has 0 radical (unpaired) electrons. The van der Waals surface area contributed by atoms with Crippen molar-refractivity contribution in [1.29, 1.82) is 0 Å². The molecule has 0 aliphatic carbocycles. The summed E-state index contributed by atoms with van der Waals surface area (Å²) in [6.07, 6.45) is 0. The quantitative estimate of drug-likeness (QED) is 0.731. The Bertz CT molecular complexity index is 714. The van der Waals surface area contributed by atoms with E-state index >= 15 is 0 Å². The summed E-state index contributed by atoms with van der Waals surface area (Å²) in [5.74, 6) is 0. The zero-order valence-electron chi connectivity index (χ0n) is 10.0. The standard InChI is InChI=1S/C12H12N4S2/c1-7-5-10(16(2)15-7)18-8-3-4-9-12(11(8)13)14-6-17-9/h3-6H,13H2,1-2H3. The van der Waals surface area contributed by atoms with Crippen LogP contribution in [0.3, 0.4) is 0 Å². The maximum atomic E-state index is 6.16. The lowest BCUT2D eigenvalue weighted by atomic mass is 10.3. The van der Waals surface area contributed by atoms with Gasteiger partial charge in [0.1, 0.15) is 5.52 Å². The van der Waals surface area contributed by atoms with Crippen LogP contribution >= 0.6 is 23.1 Å². The molecule has 3 aromatic rings. The summed E-state index contributed by atoms with van der Waals surface area (Å²) in [7, 11) is 1.94. The number of hydrogen-bond acceptors (Lipinski definition) is 5. The monoisotopic (exact) mass is 276 g/mol. The number of rotatable bonds is 2. The third kappa shape index (κ3) is 1.87. The molecular weight excluding hydrogens is 264 g/mol. The van der Waals surface area contributed by atoms with Gasteiger partial charge in [0.2, 0.25) is 0 Å². The van der Waals surface area contributed by atoms with Gasteiger partial charge in [-0.2, -0.15) is 5.10 Å². The van der Waals surface area contributed by atoms with Gasteiger partial charge >= 0.3 is 0 Å². The summed E-state index contributed by atoms with van der Waals surface area (Å²) < 4.78 is 2.99. The molecule has 0 saturated heterocycles. The fourth-order valence-electron chi connectivity index (χ4n) is 1.82. The minimum atomic E-state index is 0.748. The Morgan fingerprint density at radius 2 is 2.22 bits per heavy atom. The molecule has 1 aromatic carbocycles. The highest BCUT2D eigenvalue weighted by atomic mass is 32.2. The Balaban J connectivity index is 2.04. The van der Waals surface area contributed by atoms with Crippen molar-refractivity contribution in [3.63, 3.8) is 0 Å². The van der Waals surface area contributed by atoms with E-state index in [-0.39, 0.29) is 0 Å². The number of nitrogens with zero attached hydrogens (tertiary/aromatic N) is 3. The zero-order valence-corrected chi connectivity index (χ0v) is 11.7. The van der Waals surface area contributed by atoms with Gasteiger partial charge in [-0.05, 0) is 25.1 Å². The molecule has 0 aliphatic heterocycles. The highest BCUT2D eigenvalue weighted by molar-refractivity contribution is 7.99. The minimum Gasteiger partial charge on any atom is -0.396 e. The van der Waals surface area contributed by atoms with E-state index < -0.39 is 0 Å². The predicted octanol–water partition coefficient (Wildman–Crippen LogP) is 3.07. The summed E-state index contributed by atoms with van der Waals surface area (Å²) in [5.41, 5.74) is 10.6. The summed E-state index contributed by atoms with van der Waals surface area (Å²) in [6, 6.07) is 6.16. The summed E-state index contributed by atoms with van der Waals surface area (Å²) in [5, 5.41) is 5.41. The van der Waals surface area contributed by atoms with Crippen LogP contribution in [0.15, 0.2) is 33.6 Å². The van der Waals surface area contributed by atoms with Gasteiger partial charge in [-0.1, -0.05) is 11.8 Å². The van der Waals surface area contributed by atoms with E-state index in [1.165, 1.54) is 0 Å². The lowest BCUT2D eigenvalue weighted by Crippen LogP contribution is -1.94. The second-order valence-corrected chi connectivity index (χ2v) is 5.97.